The van der Waals surface area contributed by atoms with Crippen molar-refractivity contribution in [2.45, 2.75) is 12.3 Å². The van der Waals surface area contributed by atoms with Crippen LogP contribution in [0.1, 0.15) is 33.8 Å². The molecule has 0 aliphatic heterocycles. The Morgan fingerprint density at radius 1 is 0.971 bits per heavy atom. The number of carbonyl (C=O) groups excluding carboxylic acids is 2. The van der Waals surface area contributed by atoms with Crippen molar-refractivity contribution in [3.63, 3.8) is 0 Å². The molecule has 0 saturated heterocycles. The first-order valence-corrected chi connectivity index (χ1v) is 12.4. The Kier molecular flexibility index (Phi) is 6.46. The molecule has 0 spiro atoms. The van der Waals surface area contributed by atoms with Gasteiger partial charge in [-0.3, -0.25) is 14.9 Å². The smallest absolute Gasteiger partial charge is 0.411 e. The Morgan fingerprint density at radius 3 is 2.23 bits per heavy atom. The fourth-order valence-corrected chi connectivity index (χ4v) is 5.25. The van der Waals surface area contributed by atoms with E-state index in [1.54, 1.807) is 18.2 Å². The van der Waals surface area contributed by atoms with Crippen molar-refractivity contribution in [2.24, 2.45) is 11.8 Å². The largest absolute Gasteiger partial charge is 0.481 e. The number of benzene rings is 3. The Bertz CT molecular complexity index is 1280. The van der Waals surface area contributed by atoms with Crippen molar-refractivity contribution in [3.8, 4) is 11.1 Å². The van der Waals surface area contributed by atoms with Gasteiger partial charge >= 0.3 is 12.1 Å². The minimum absolute atomic E-state index is 0.00923. The molecule has 3 N–H and O–H groups in total. The van der Waals surface area contributed by atoms with Gasteiger partial charge in [-0.2, -0.15) is 0 Å². The topological polar surface area (TPSA) is 105 Å². The third-order valence-corrected chi connectivity index (χ3v) is 7.47. The lowest BCUT2D eigenvalue weighted by Crippen LogP contribution is -2.26. The third-order valence-electron chi connectivity index (χ3n) is 6.58. The van der Waals surface area contributed by atoms with Crippen LogP contribution >= 0.6 is 22.6 Å². The lowest BCUT2D eigenvalue weighted by Gasteiger charge is -2.15. The predicted octanol–water partition coefficient (Wildman–Crippen LogP) is 5.10. The second kappa shape index (κ2) is 9.69. The van der Waals surface area contributed by atoms with Crippen LogP contribution in [0.25, 0.3) is 11.1 Å². The van der Waals surface area contributed by atoms with Gasteiger partial charge in [-0.1, -0.05) is 48.5 Å². The molecular formula is C27H23IN2O5. The molecule has 0 unspecified atom stereocenters. The number of anilines is 1. The molecule has 35 heavy (non-hydrogen) atoms. The standard InChI is InChI=1S/C27H23IN2O5/c28-23-12-15(25(31)29-13-16-11-21(16)26(32)33)9-10-24(23)30-27(34)35-14-22-19-7-3-1-5-17(19)18-6-2-4-8-20(18)22/h1-10,12,16,21-22H,11,13-14H2,(H,29,31)(H,30,34)(H,32,33)/t16-,21-/m0/s1. The minimum atomic E-state index is -0.817. The molecule has 5 rings (SSSR count). The first-order valence-electron chi connectivity index (χ1n) is 11.3. The second-order valence-corrected chi connectivity index (χ2v) is 9.96. The van der Waals surface area contributed by atoms with Gasteiger partial charge in [0.05, 0.1) is 11.6 Å². The highest BCUT2D eigenvalue weighted by molar-refractivity contribution is 14.1. The maximum atomic E-state index is 12.6. The second-order valence-electron chi connectivity index (χ2n) is 8.80. The number of carboxylic acid groups (broad SMARTS) is 1. The first kappa shape index (κ1) is 23.3. The van der Waals surface area contributed by atoms with Gasteiger partial charge in [0, 0.05) is 21.6 Å². The summed E-state index contributed by atoms with van der Waals surface area (Å²) in [5.74, 6) is -1.48. The molecule has 3 aromatic rings. The van der Waals surface area contributed by atoms with Gasteiger partial charge in [0.2, 0.25) is 0 Å². The molecule has 1 fully saturated rings. The van der Waals surface area contributed by atoms with Crippen LogP contribution in [0.4, 0.5) is 10.5 Å². The van der Waals surface area contributed by atoms with E-state index in [-0.39, 0.29) is 30.3 Å². The molecule has 0 aromatic heterocycles. The lowest BCUT2D eigenvalue weighted by molar-refractivity contribution is -0.138. The number of amides is 2. The summed E-state index contributed by atoms with van der Waals surface area (Å²) >= 11 is 2.06. The number of ether oxygens (including phenoxy) is 1. The van der Waals surface area contributed by atoms with Gasteiger partial charge in [0.15, 0.2) is 0 Å². The minimum Gasteiger partial charge on any atom is -0.481 e. The summed E-state index contributed by atoms with van der Waals surface area (Å²) in [7, 11) is 0. The molecule has 2 aliphatic rings. The van der Waals surface area contributed by atoms with E-state index in [0.29, 0.717) is 27.8 Å². The molecule has 1 saturated carbocycles. The van der Waals surface area contributed by atoms with Gasteiger partial charge < -0.3 is 15.2 Å². The van der Waals surface area contributed by atoms with Crippen LogP contribution in [-0.4, -0.2) is 36.2 Å². The number of aliphatic carboxylic acids is 1. The number of carboxylic acids is 1. The molecule has 0 radical (unpaired) electrons. The molecule has 0 heterocycles. The van der Waals surface area contributed by atoms with Gasteiger partial charge in [0.25, 0.3) is 5.91 Å². The zero-order valence-electron chi connectivity index (χ0n) is 18.7. The van der Waals surface area contributed by atoms with E-state index in [1.807, 2.05) is 24.3 Å². The van der Waals surface area contributed by atoms with Gasteiger partial charge in [-0.15, -0.1) is 0 Å². The zero-order valence-corrected chi connectivity index (χ0v) is 20.8. The SMILES string of the molecule is O=C(Nc1ccc(C(=O)NC[C@@H]2C[C@@H]2C(=O)O)cc1I)OCC1c2ccccc2-c2ccccc21. The van der Waals surface area contributed by atoms with E-state index < -0.39 is 12.1 Å². The molecule has 0 bridgehead atoms. The predicted molar refractivity (Wildman–Crippen MR) is 139 cm³/mol. The zero-order chi connectivity index (χ0) is 24.5. The maximum absolute atomic E-state index is 12.6. The number of hydrogen-bond acceptors (Lipinski definition) is 4. The Hall–Kier alpha value is -3.40. The van der Waals surface area contributed by atoms with E-state index >= 15 is 0 Å². The fourth-order valence-electron chi connectivity index (χ4n) is 4.60. The normalized spacial score (nSPS) is 17.7. The van der Waals surface area contributed by atoms with Crippen LogP contribution in [-0.2, 0) is 9.53 Å². The molecule has 178 valence electrons. The highest BCUT2D eigenvalue weighted by Gasteiger charge is 2.43. The van der Waals surface area contributed by atoms with Crippen molar-refractivity contribution >= 4 is 46.2 Å². The average Bonchev–Trinajstić information content (AvgIpc) is 3.58. The van der Waals surface area contributed by atoms with E-state index in [1.165, 1.54) is 11.1 Å². The molecule has 2 amide bonds. The molecule has 8 heteroatoms. The third kappa shape index (κ3) is 4.88. The quantitative estimate of drug-likeness (QED) is 0.337. The summed E-state index contributed by atoms with van der Waals surface area (Å²) in [5, 5.41) is 14.5. The molecular weight excluding hydrogens is 559 g/mol. The van der Waals surface area contributed by atoms with Crippen molar-refractivity contribution in [3.05, 3.63) is 87.0 Å². The molecule has 3 aromatic carbocycles. The molecule has 7 nitrogen and oxygen atoms in total. The Labute approximate surface area is 216 Å². The Balaban J connectivity index is 1.18. The number of fused-ring (bicyclic) bond motifs is 3. The number of carbonyl (C=O) groups is 3. The lowest BCUT2D eigenvalue weighted by atomic mass is 9.98. The van der Waals surface area contributed by atoms with Gasteiger partial charge in [-0.05, 0) is 75.4 Å². The number of rotatable bonds is 7. The van der Waals surface area contributed by atoms with Gasteiger partial charge in [0.1, 0.15) is 6.61 Å². The monoisotopic (exact) mass is 582 g/mol. The van der Waals surface area contributed by atoms with Crippen LogP contribution in [0.3, 0.4) is 0 Å². The highest BCUT2D eigenvalue weighted by Crippen LogP contribution is 2.44. The molecule has 2 aliphatic carbocycles. The first-order chi connectivity index (χ1) is 16.9. The van der Waals surface area contributed by atoms with Crippen molar-refractivity contribution in [1.29, 1.82) is 0 Å². The van der Waals surface area contributed by atoms with E-state index in [4.69, 9.17) is 9.84 Å². The van der Waals surface area contributed by atoms with Crippen LogP contribution < -0.4 is 10.6 Å². The van der Waals surface area contributed by atoms with Crippen LogP contribution in [0.15, 0.2) is 66.7 Å². The summed E-state index contributed by atoms with van der Waals surface area (Å²) in [5.41, 5.74) is 5.62. The van der Waals surface area contributed by atoms with Crippen LogP contribution in [0, 0.1) is 15.4 Å². The summed E-state index contributed by atoms with van der Waals surface area (Å²) in [4.78, 5) is 35.9. The summed E-state index contributed by atoms with van der Waals surface area (Å²) in [6.07, 6.45) is 0.0336. The van der Waals surface area contributed by atoms with Crippen LogP contribution in [0.5, 0.6) is 0 Å². The summed E-state index contributed by atoms with van der Waals surface area (Å²) in [6, 6.07) is 21.3. The average molecular weight is 582 g/mol. The summed E-state index contributed by atoms with van der Waals surface area (Å²) < 4.78 is 6.29. The van der Waals surface area contributed by atoms with E-state index in [9.17, 15) is 14.4 Å². The Morgan fingerprint density at radius 2 is 1.63 bits per heavy atom. The highest BCUT2D eigenvalue weighted by atomic mass is 127. The van der Waals surface area contributed by atoms with Crippen molar-refractivity contribution in [2.75, 3.05) is 18.5 Å². The number of halogens is 1. The number of nitrogens with one attached hydrogen (secondary N) is 2. The van der Waals surface area contributed by atoms with Crippen LogP contribution in [0.2, 0.25) is 0 Å². The van der Waals surface area contributed by atoms with Gasteiger partial charge in [-0.25, -0.2) is 4.79 Å². The van der Waals surface area contributed by atoms with E-state index in [2.05, 4.69) is 57.5 Å². The van der Waals surface area contributed by atoms with Crippen molar-refractivity contribution in [1.82, 2.24) is 5.32 Å². The maximum Gasteiger partial charge on any atom is 0.411 e. The summed E-state index contributed by atoms with van der Waals surface area (Å²) in [6.45, 7) is 0.557. The van der Waals surface area contributed by atoms with Crippen molar-refractivity contribution < 1.29 is 24.2 Å². The fraction of sp³-hybridized carbons (Fsp3) is 0.222. The molecule has 2 atom stereocenters. The number of hydrogen-bond donors (Lipinski definition) is 3. The van der Waals surface area contributed by atoms with E-state index in [0.717, 1.165) is 11.1 Å².